The Morgan fingerprint density at radius 1 is 0.966 bits per heavy atom. The summed E-state index contributed by atoms with van der Waals surface area (Å²) in [7, 11) is 4.25. The molecule has 0 radical (unpaired) electrons. The third-order valence-corrected chi connectivity index (χ3v) is 4.58. The topological polar surface area (TPSA) is 114 Å². The molecule has 0 spiro atoms. The number of ether oxygens (including phenoxy) is 3. The summed E-state index contributed by atoms with van der Waals surface area (Å²) < 4.78 is 15.3. The minimum atomic E-state index is -1.14. The second kappa shape index (κ2) is 8.09. The van der Waals surface area contributed by atoms with E-state index in [1.807, 2.05) is 0 Å². The van der Waals surface area contributed by atoms with Gasteiger partial charge in [0.1, 0.15) is 11.7 Å². The molecule has 1 fully saturated rings. The van der Waals surface area contributed by atoms with Gasteiger partial charge in [0.15, 0.2) is 11.5 Å². The lowest BCUT2D eigenvalue weighted by atomic mass is 9.94. The van der Waals surface area contributed by atoms with Crippen LogP contribution in [0.4, 0.5) is 10.5 Å². The number of barbiturate groups is 1. The Kier molecular flexibility index (Phi) is 5.58. The van der Waals surface area contributed by atoms with E-state index in [2.05, 4.69) is 5.32 Å². The normalized spacial score (nSPS) is 16.4. The summed E-state index contributed by atoms with van der Waals surface area (Å²) in [5.41, 5.74) is 0.834. The highest BCUT2D eigenvalue weighted by Crippen LogP contribution is 2.38. The number of anilines is 1. The highest BCUT2D eigenvalue weighted by atomic mass is 16.5. The van der Waals surface area contributed by atoms with Crippen LogP contribution in [0.2, 0.25) is 0 Å². The van der Waals surface area contributed by atoms with E-state index in [1.165, 1.54) is 33.5 Å². The molecule has 29 heavy (non-hydrogen) atoms. The number of hydrogen-bond acceptors (Lipinski definition) is 7. The molecule has 0 saturated carbocycles. The van der Waals surface area contributed by atoms with Crippen LogP contribution < -0.4 is 24.4 Å². The lowest BCUT2D eigenvalue weighted by Crippen LogP contribution is -2.58. The van der Waals surface area contributed by atoms with Crippen molar-refractivity contribution in [1.82, 2.24) is 5.32 Å². The van der Waals surface area contributed by atoms with Gasteiger partial charge in [0.2, 0.25) is 17.6 Å². The van der Waals surface area contributed by atoms with Crippen molar-refractivity contribution in [3.63, 3.8) is 0 Å². The van der Waals surface area contributed by atoms with E-state index in [9.17, 15) is 19.5 Å². The van der Waals surface area contributed by atoms with Crippen molar-refractivity contribution in [3.8, 4) is 23.0 Å². The van der Waals surface area contributed by atoms with Gasteiger partial charge in [-0.15, -0.1) is 0 Å². The van der Waals surface area contributed by atoms with Crippen molar-refractivity contribution in [1.29, 1.82) is 0 Å². The average molecular weight is 400 g/mol. The predicted molar refractivity (Wildman–Crippen MR) is 102 cm³/mol. The molecule has 0 aromatic heterocycles. The first-order chi connectivity index (χ1) is 13.9. The maximum Gasteiger partial charge on any atom is 0.335 e. The molecule has 4 amide bonds. The van der Waals surface area contributed by atoms with Crippen LogP contribution in [0.1, 0.15) is 5.56 Å². The number of imide groups is 2. The number of phenols is 1. The largest absolute Gasteiger partial charge is 0.502 e. The molecule has 1 unspecified atom stereocenters. The molecule has 3 rings (SSSR count). The van der Waals surface area contributed by atoms with Gasteiger partial charge in [0.05, 0.1) is 27.0 Å². The zero-order valence-corrected chi connectivity index (χ0v) is 16.1. The fourth-order valence-electron chi connectivity index (χ4n) is 3.07. The lowest BCUT2D eigenvalue weighted by molar-refractivity contribution is -0.134. The number of aromatic hydroxyl groups is 1. The third-order valence-electron chi connectivity index (χ3n) is 4.58. The van der Waals surface area contributed by atoms with Gasteiger partial charge in [0.25, 0.3) is 0 Å². The number of urea groups is 1. The second-order valence-electron chi connectivity index (χ2n) is 6.27. The first kappa shape index (κ1) is 20.0. The fraction of sp³-hybridized carbons (Fsp3) is 0.250. The smallest absolute Gasteiger partial charge is 0.335 e. The van der Waals surface area contributed by atoms with Gasteiger partial charge in [-0.2, -0.15) is 0 Å². The van der Waals surface area contributed by atoms with Crippen molar-refractivity contribution in [2.45, 2.75) is 6.42 Å². The summed E-state index contributed by atoms with van der Waals surface area (Å²) in [6, 6.07) is 8.51. The number of rotatable bonds is 6. The molecular formula is C20H20N2O7. The van der Waals surface area contributed by atoms with E-state index in [1.54, 1.807) is 24.3 Å². The Morgan fingerprint density at radius 2 is 1.55 bits per heavy atom. The van der Waals surface area contributed by atoms with Crippen LogP contribution in [0.25, 0.3) is 0 Å². The van der Waals surface area contributed by atoms with Crippen LogP contribution in [0.5, 0.6) is 23.0 Å². The second-order valence-corrected chi connectivity index (χ2v) is 6.27. The summed E-state index contributed by atoms with van der Waals surface area (Å²) in [4.78, 5) is 38.5. The molecule has 0 aliphatic carbocycles. The van der Waals surface area contributed by atoms with E-state index >= 15 is 0 Å². The zero-order valence-electron chi connectivity index (χ0n) is 16.1. The van der Waals surface area contributed by atoms with E-state index in [4.69, 9.17) is 14.2 Å². The number of benzene rings is 2. The summed E-state index contributed by atoms with van der Waals surface area (Å²) in [5.74, 6) is -1.83. The first-order valence-electron chi connectivity index (χ1n) is 8.66. The summed E-state index contributed by atoms with van der Waals surface area (Å²) in [5, 5.41) is 12.2. The molecule has 1 aliphatic heterocycles. The van der Waals surface area contributed by atoms with Crippen LogP contribution in [0.3, 0.4) is 0 Å². The summed E-state index contributed by atoms with van der Waals surface area (Å²) >= 11 is 0. The van der Waals surface area contributed by atoms with Crippen molar-refractivity contribution in [2.24, 2.45) is 5.92 Å². The molecule has 2 N–H and O–H groups in total. The van der Waals surface area contributed by atoms with Gasteiger partial charge in [-0.25, -0.2) is 9.69 Å². The highest BCUT2D eigenvalue weighted by molar-refractivity contribution is 6.27. The number of methoxy groups -OCH3 is 3. The highest BCUT2D eigenvalue weighted by Gasteiger charge is 2.41. The van der Waals surface area contributed by atoms with Crippen molar-refractivity contribution in [3.05, 3.63) is 42.0 Å². The monoisotopic (exact) mass is 400 g/mol. The Labute approximate surface area is 166 Å². The molecule has 2 aromatic rings. The number of amides is 4. The average Bonchev–Trinajstić information content (AvgIpc) is 2.72. The first-order valence-corrected chi connectivity index (χ1v) is 8.66. The maximum atomic E-state index is 13.0. The molecule has 2 aromatic carbocycles. The number of phenolic OH excluding ortho intramolecular Hbond substituents is 1. The Balaban J connectivity index is 1.91. The summed E-state index contributed by atoms with van der Waals surface area (Å²) in [6.45, 7) is 0. The van der Waals surface area contributed by atoms with Crippen LogP contribution >= 0.6 is 0 Å². The lowest BCUT2D eigenvalue weighted by Gasteiger charge is -2.30. The van der Waals surface area contributed by atoms with Gasteiger partial charge >= 0.3 is 6.03 Å². The van der Waals surface area contributed by atoms with Crippen LogP contribution in [-0.4, -0.2) is 44.3 Å². The predicted octanol–water partition coefficient (Wildman–Crippen LogP) is 1.86. The van der Waals surface area contributed by atoms with Crippen LogP contribution in [-0.2, 0) is 16.0 Å². The standard InChI is InChI=1S/C20H20N2O7/c1-27-13-6-4-12(5-7-13)22-19(25)14(18(24)21-20(22)26)8-11-9-15(28-2)17(23)16(10-11)29-3/h4-7,9-10,14,23H,8H2,1-3H3,(H,21,24,26). The minimum Gasteiger partial charge on any atom is -0.502 e. The molecule has 1 aliphatic rings. The minimum absolute atomic E-state index is 0.0163. The number of nitrogens with zero attached hydrogens (tertiary/aromatic N) is 1. The van der Waals surface area contributed by atoms with Crippen molar-refractivity contribution >= 4 is 23.5 Å². The van der Waals surface area contributed by atoms with Crippen LogP contribution in [0, 0.1) is 5.92 Å². The van der Waals surface area contributed by atoms with E-state index in [0.717, 1.165) is 4.90 Å². The van der Waals surface area contributed by atoms with Crippen molar-refractivity contribution in [2.75, 3.05) is 26.2 Å². The number of carbonyl (C=O) groups excluding carboxylic acids is 3. The van der Waals surface area contributed by atoms with Gasteiger partial charge in [0, 0.05) is 0 Å². The molecule has 1 saturated heterocycles. The number of nitrogens with one attached hydrogen (secondary N) is 1. The van der Waals surface area contributed by atoms with Crippen LogP contribution in [0.15, 0.2) is 36.4 Å². The molecule has 1 heterocycles. The van der Waals surface area contributed by atoms with Gasteiger partial charge in [-0.1, -0.05) is 0 Å². The molecule has 152 valence electrons. The third kappa shape index (κ3) is 3.79. The van der Waals surface area contributed by atoms with E-state index < -0.39 is 23.8 Å². The van der Waals surface area contributed by atoms with Crippen molar-refractivity contribution < 1.29 is 33.7 Å². The van der Waals surface area contributed by atoms with E-state index in [-0.39, 0.29) is 23.7 Å². The van der Waals surface area contributed by atoms with Gasteiger partial charge in [-0.3, -0.25) is 14.9 Å². The SMILES string of the molecule is COc1ccc(N2C(=O)NC(=O)C(Cc3cc(OC)c(O)c(OC)c3)C2=O)cc1. The molecular weight excluding hydrogens is 380 g/mol. The number of hydrogen-bond donors (Lipinski definition) is 2. The zero-order chi connectivity index (χ0) is 21.1. The molecule has 9 nitrogen and oxygen atoms in total. The molecule has 0 bridgehead atoms. The Bertz CT molecular complexity index is 931. The Hall–Kier alpha value is -3.75. The quantitative estimate of drug-likeness (QED) is 0.711. The number of carbonyl (C=O) groups is 3. The fourth-order valence-corrected chi connectivity index (χ4v) is 3.07. The van der Waals surface area contributed by atoms with Gasteiger partial charge < -0.3 is 19.3 Å². The van der Waals surface area contributed by atoms with E-state index in [0.29, 0.717) is 17.0 Å². The molecule has 1 atom stereocenters. The summed E-state index contributed by atoms with van der Waals surface area (Å²) in [6.07, 6.45) is -0.0163. The van der Waals surface area contributed by atoms with Gasteiger partial charge in [-0.05, 0) is 48.4 Å². The Morgan fingerprint density at radius 3 is 2.07 bits per heavy atom. The maximum absolute atomic E-state index is 13.0. The molecule has 9 heteroatoms.